The van der Waals surface area contributed by atoms with Crippen LogP contribution < -0.4 is 0 Å². The lowest BCUT2D eigenvalue weighted by molar-refractivity contribution is -0.0139. The molecule has 2 aromatic rings. The summed E-state index contributed by atoms with van der Waals surface area (Å²) in [5.41, 5.74) is 2.99. The van der Waals surface area contributed by atoms with Gasteiger partial charge in [0.1, 0.15) is 17.2 Å². The molecule has 0 spiro atoms. The minimum Gasteiger partial charge on any atom is -0.390 e. The highest BCUT2D eigenvalue weighted by Crippen LogP contribution is 2.25. The molecule has 2 atom stereocenters. The van der Waals surface area contributed by atoms with Gasteiger partial charge in [0.2, 0.25) is 0 Å². The topological polar surface area (TPSA) is 69.6 Å². The predicted molar refractivity (Wildman–Crippen MR) is 97.9 cm³/mol. The molecule has 6 nitrogen and oxygen atoms in total. The highest BCUT2D eigenvalue weighted by molar-refractivity contribution is 6.29. The number of aliphatic hydroxyl groups is 1. The number of likely N-dealkylation sites (tertiary alicyclic amines) is 1. The Morgan fingerprint density at radius 3 is 2.77 bits per heavy atom. The van der Waals surface area contributed by atoms with Gasteiger partial charge in [0.25, 0.3) is 5.91 Å². The number of nitrogens with zero attached hydrogens (tertiary/aromatic N) is 4. The number of carbonyl (C=O) groups excluding carboxylic acids is 1. The summed E-state index contributed by atoms with van der Waals surface area (Å²) in [5, 5.41) is 10.9. The van der Waals surface area contributed by atoms with Crippen molar-refractivity contribution in [2.45, 2.75) is 31.5 Å². The van der Waals surface area contributed by atoms with Crippen LogP contribution in [0.25, 0.3) is 0 Å². The van der Waals surface area contributed by atoms with Gasteiger partial charge in [-0.1, -0.05) is 35.9 Å². The van der Waals surface area contributed by atoms with E-state index in [1.165, 1.54) is 23.5 Å². The molecule has 1 saturated heterocycles. The lowest BCUT2D eigenvalue weighted by atomic mass is 9.94. The Bertz CT molecular complexity index is 816. The lowest BCUT2D eigenvalue weighted by Gasteiger charge is -2.43. The number of halogens is 1. The number of fused-ring (bicyclic) bond motifs is 1. The molecule has 1 fully saturated rings. The average Bonchev–Trinajstić information content (AvgIpc) is 2.67. The molecule has 0 bridgehead atoms. The van der Waals surface area contributed by atoms with E-state index in [9.17, 15) is 9.90 Å². The van der Waals surface area contributed by atoms with E-state index in [2.05, 4.69) is 39.1 Å². The molecular weight excluding hydrogens is 352 g/mol. The van der Waals surface area contributed by atoms with Crippen LogP contribution in [0.3, 0.4) is 0 Å². The molecule has 1 N–H and O–H groups in total. The van der Waals surface area contributed by atoms with E-state index >= 15 is 0 Å². The molecule has 0 saturated carbocycles. The fraction of sp³-hybridized carbons (Fsp3) is 0.421. The van der Waals surface area contributed by atoms with Crippen molar-refractivity contribution in [1.82, 2.24) is 19.8 Å². The second kappa shape index (κ2) is 7.31. The second-order valence-corrected chi connectivity index (χ2v) is 7.28. The molecule has 2 aliphatic heterocycles. The van der Waals surface area contributed by atoms with Crippen LogP contribution >= 0.6 is 11.6 Å². The summed E-state index contributed by atoms with van der Waals surface area (Å²) in [5.74, 6) is -0.212. The van der Waals surface area contributed by atoms with Crippen molar-refractivity contribution < 1.29 is 9.90 Å². The van der Waals surface area contributed by atoms with E-state index in [1.54, 1.807) is 4.90 Å². The third-order valence-electron chi connectivity index (χ3n) is 5.32. The Morgan fingerprint density at radius 1 is 1.19 bits per heavy atom. The minimum absolute atomic E-state index is 0.0707. The summed E-state index contributed by atoms with van der Waals surface area (Å²) in [4.78, 5) is 24.4. The van der Waals surface area contributed by atoms with E-state index in [4.69, 9.17) is 11.6 Å². The predicted octanol–water partition coefficient (Wildman–Crippen LogP) is 1.76. The molecule has 7 heteroatoms. The van der Waals surface area contributed by atoms with Crippen LogP contribution in [0.2, 0.25) is 5.15 Å². The van der Waals surface area contributed by atoms with E-state index < -0.39 is 6.10 Å². The number of rotatable bonds is 2. The van der Waals surface area contributed by atoms with Gasteiger partial charge in [0.15, 0.2) is 0 Å². The Morgan fingerprint density at radius 2 is 2.00 bits per heavy atom. The van der Waals surface area contributed by atoms with Crippen LogP contribution in [-0.4, -0.2) is 62.6 Å². The lowest BCUT2D eigenvalue weighted by Crippen LogP contribution is -2.56. The van der Waals surface area contributed by atoms with Crippen molar-refractivity contribution in [2.75, 3.05) is 19.6 Å². The van der Waals surface area contributed by atoms with Gasteiger partial charge in [0, 0.05) is 38.3 Å². The number of hydrogen-bond acceptors (Lipinski definition) is 5. The maximum Gasteiger partial charge on any atom is 0.272 e. The van der Waals surface area contributed by atoms with E-state index in [0.29, 0.717) is 13.1 Å². The van der Waals surface area contributed by atoms with Crippen molar-refractivity contribution in [2.24, 2.45) is 0 Å². The fourth-order valence-electron chi connectivity index (χ4n) is 3.94. The van der Waals surface area contributed by atoms with E-state index in [-0.39, 0.29) is 22.8 Å². The summed E-state index contributed by atoms with van der Waals surface area (Å²) in [7, 11) is 0. The largest absolute Gasteiger partial charge is 0.390 e. The number of carbonyl (C=O) groups is 1. The normalized spacial score (nSPS) is 23.5. The SMILES string of the molecule is O=C(c1cc(Cl)ncn1)N1CC[C@H](N2CCc3ccccc3C2)[C@@H](O)C1. The number of amides is 1. The van der Waals surface area contributed by atoms with Crippen LogP contribution in [-0.2, 0) is 13.0 Å². The average molecular weight is 373 g/mol. The maximum absolute atomic E-state index is 12.6. The molecule has 0 aliphatic carbocycles. The molecule has 26 heavy (non-hydrogen) atoms. The van der Waals surface area contributed by atoms with Gasteiger partial charge in [0.05, 0.1) is 6.10 Å². The molecule has 1 aromatic heterocycles. The van der Waals surface area contributed by atoms with Crippen LogP contribution in [0.5, 0.6) is 0 Å². The number of β-amino-alcohol motifs (C(OH)–C–C–N with tert-alkyl or cyclic N) is 1. The Balaban J connectivity index is 1.42. The van der Waals surface area contributed by atoms with E-state index in [0.717, 1.165) is 25.9 Å². The quantitative estimate of drug-likeness (QED) is 0.813. The van der Waals surface area contributed by atoms with Gasteiger partial charge >= 0.3 is 0 Å². The molecular formula is C19H21ClN4O2. The van der Waals surface area contributed by atoms with Gasteiger partial charge in [-0.3, -0.25) is 9.69 Å². The second-order valence-electron chi connectivity index (χ2n) is 6.89. The molecule has 4 rings (SSSR count). The van der Waals surface area contributed by atoms with Crippen LogP contribution in [0.15, 0.2) is 36.7 Å². The van der Waals surface area contributed by atoms with E-state index in [1.807, 2.05) is 0 Å². The molecule has 0 unspecified atom stereocenters. The standard InChI is InChI=1S/C19H21ClN4O2/c20-18-9-15(21-12-22-18)19(26)24-8-6-16(17(25)11-24)23-7-5-13-3-1-2-4-14(13)10-23/h1-4,9,12,16-17,25H,5-8,10-11H2/t16-,17-/m0/s1. The summed E-state index contributed by atoms with van der Waals surface area (Å²) < 4.78 is 0. The summed E-state index contributed by atoms with van der Waals surface area (Å²) >= 11 is 5.84. The van der Waals surface area contributed by atoms with Gasteiger partial charge in [-0.25, -0.2) is 9.97 Å². The summed E-state index contributed by atoms with van der Waals surface area (Å²) in [6.45, 7) is 2.70. The number of hydrogen-bond donors (Lipinski definition) is 1. The minimum atomic E-state index is -0.574. The van der Waals surface area contributed by atoms with Crippen molar-refractivity contribution in [1.29, 1.82) is 0 Å². The van der Waals surface area contributed by atoms with Gasteiger partial charge in [-0.2, -0.15) is 0 Å². The fourth-order valence-corrected chi connectivity index (χ4v) is 4.09. The first-order valence-corrected chi connectivity index (χ1v) is 9.25. The highest BCUT2D eigenvalue weighted by Gasteiger charge is 2.35. The number of aromatic nitrogens is 2. The zero-order valence-electron chi connectivity index (χ0n) is 14.4. The monoisotopic (exact) mass is 372 g/mol. The Kier molecular flexibility index (Phi) is 4.89. The zero-order chi connectivity index (χ0) is 18.1. The summed E-state index contributed by atoms with van der Waals surface area (Å²) in [6.07, 6.45) is 2.45. The van der Waals surface area contributed by atoms with Crippen molar-refractivity contribution in [3.05, 3.63) is 58.6 Å². The molecule has 2 aliphatic rings. The molecule has 136 valence electrons. The van der Waals surface area contributed by atoms with Gasteiger partial charge < -0.3 is 10.0 Å². The number of aliphatic hydroxyl groups excluding tert-OH is 1. The molecule has 3 heterocycles. The highest BCUT2D eigenvalue weighted by atomic mass is 35.5. The zero-order valence-corrected chi connectivity index (χ0v) is 15.1. The number of piperidine rings is 1. The molecule has 0 radical (unpaired) electrons. The van der Waals surface area contributed by atoms with Crippen LogP contribution in [0.1, 0.15) is 28.0 Å². The molecule has 1 aromatic carbocycles. The smallest absolute Gasteiger partial charge is 0.272 e. The Hall–Kier alpha value is -2.02. The van der Waals surface area contributed by atoms with Gasteiger partial charge in [-0.15, -0.1) is 0 Å². The van der Waals surface area contributed by atoms with Crippen LogP contribution in [0, 0.1) is 0 Å². The summed E-state index contributed by atoms with van der Waals surface area (Å²) in [6, 6.07) is 10.0. The molecule has 1 amide bonds. The third-order valence-corrected chi connectivity index (χ3v) is 5.52. The first-order valence-electron chi connectivity index (χ1n) is 8.87. The number of benzene rings is 1. The third kappa shape index (κ3) is 3.45. The van der Waals surface area contributed by atoms with Gasteiger partial charge in [-0.05, 0) is 24.0 Å². The first kappa shape index (κ1) is 17.4. The maximum atomic E-state index is 12.6. The van der Waals surface area contributed by atoms with Crippen LogP contribution in [0.4, 0.5) is 0 Å². The van der Waals surface area contributed by atoms with Crippen molar-refractivity contribution in [3.8, 4) is 0 Å². The Labute approximate surface area is 157 Å². The first-order chi connectivity index (χ1) is 12.6. The van der Waals surface area contributed by atoms with Crippen molar-refractivity contribution >= 4 is 17.5 Å². The van der Waals surface area contributed by atoms with Crippen molar-refractivity contribution in [3.63, 3.8) is 0 Å².